The van der Waals surface area contributed by atoms with Gasteiger partial charge < -0.3 is 10.6 Å². The second-order valence-corrected chi connectivity index (χ2v) is 6.15. The van der Waals surface area contributed by atoms with E-state index in [1.807, 2.05) is 0 Å². The van der Waals surface area contributed by atoms with E-state index < -0.39 is 9.84 Å². The van der Waals surface area contributed by atoms with Crippen LogP contribution in [0, 0.1) is 0 Å². The molecule has 0 saturated carbocycles. The van der Waals surface area contributed by atoms with E-state index in [1.165, 1.54) is 0 Å². The average Bonchev–Trinajstić information content (AvgIpc) is 2.21. The van der Waals surface area contributed by atoms with Gasteiger partial charge in [-0.05, 0) is 12.8 Å². The first-order valence-electron chi connectivity index (χ1n) is 5.26. The van der Waals surface area contributed by atoms with E-state index in [1.54, 1.807) is 6.92 Å². The summed E-state index contributed by atoms with van der Waals surface area (Å²) < 4.78 is 22.4. The molecule has 88 valence electrons. The van der Waals surface area contributed by atoms with Crippen molar-refractivity contribution < 1.29 is 13.2 Å². The van der Waals surface area contributed by atoms with Crippen LogP contribution < -0.4 is 10.6 Å². The lowest BCUT2D eigenvalue weighted by Gasteiger charge is -2.22. The first-order valence-corrected chi connectivity index (χ1v) is 7.09. The van der Waals surface area contributed by atoms with E-state index in [0.29, 0.717) is 6.54 Å². The van der Waals surface area contributed by atoms with Gasteiger partial charge in [-0.25, -0.2) is 8.42 Å². The highest BCUT2D eigenvalue weighted by atomic mass is 32.2. The summed E-state index contributed by atoms with van der Waals surface area (Å²) in [5.41, 5.74) is 0. The van der Waals surface area contributed by atoms with E-state index >= 15 is 0 Å². The first kappa shape index (κ1) is 12.4. The van der Waals surface area contributed by atoms with Crippen LogP contribution in [0.3, 0.4) is 0 Å². The standard InChI is InChI=1S/C9H18N2O3S/c1-2-15(13,14)7-6-10-8-4-3-5-11-9(8)12/h8,10H,2-7H2,1H3,(H,11,12). The van der Waals surface area contributed by atoms with Crippen LogP contribution in [0.25, 0.3) is 0 Å². The molecule has 1 aliphatic rings. The number of nitrogens with one attached hydrogen (secondary N) is 2. The van der Waals surface area contributed by atoms with Crippen molar-refractivity contribution in [1.29, 1.82) is 0 Å². The van der Waals surface area contributed by atoms with E-state index in [9.17, 15) is 13.2 Å². The van der Waals surface area contributed by atoms with Gasteiger partial charge in [0.05, 0.1) is 11.8 Å². The van der Waals surface area contributed by atoms with Crippen LogP contribution in [0.1, 0.15) is 19.8 Å². The molecule has 1 fully saturated rings. The van der Waals surface area contributed by atoms with E-state index in [-0.39, 0.29) is 23.5 Å². The molecule has 1 heterocycles. The molecule has 15 heavy (non-hydrogen) atoms. The molecule has 6 heteroatoms. The Bertz CT molecular complexity index is 313. The van der Waals surface area contributed by atoms with E-state index in [2.05, 4.69) is 10.6 Å². The summed E-state index contributed by atoms with van der Waals surface area (Å²) in [4.78, 5) is 11.3. The van der Waals surface area contributed by atoms with Gasteiger partial charge in [-0.2, -0.15) is 0 Å². The number of piperidine rings is 1. The summed E-state index contributed by atoms with van der Waals surface area (Å²) in [6.07, 6.45) is 1.74. The molecular formula is C9H18N2O3S. The number of hydrogen-bond donors (Lipinski definition) is 2. The van der Waals surface area contributed by atoms with Crippen LogP contribution in [0.4, 0.5) is 0 Å². The topological polar surface area (TPSA) is 75.3 Å². The molecule has 1 rings (SSSR count). The molecule has 5 nitrogen and oxygen atoms in total. The van der Waals surface area contributed by atoms with Crippen molar-refractivity contribution in [2.75, 3.05) is 24.6 Å². The van der Waals surface area contributed by atoms with Gasteiger partial charge in [-0.1, -0.05) is 6.92 Å². The number of rotatable bonds is 5. The maximum absolute atomic E-state index is 11.3. The molecule has 1 aliphatic heterocycles. The minimum atomic E-state index is -2.93. The Morgan fingerprint density at radius 3 is 2.87 bits per heavy atom. The fraction of sp³-hybridized carbons (Fsp3) is 0.889. The lowest BCUT2D eigenvalue weighted by Crippen LogP contribution is -2.49. The second kappa shape index (κ2) is 5.46. The van der Waals surface area contributed by atoms with Crippen molar-refractivity contribution in [3.8, 4) is 0 Å². The molecule has 0 aromatic heterocycles. The Morgan fingerprint density at radius 2 is 2.27 bits per heavy atom. The molecule has 0 aromatic carbocycles. The zero-order valence-electron chi connectivity index (χ0n) is 8.95. The molecule has 1 atom stereocenters. The van der Waals surface area contributed by atoms with Gasteiger partial charge in [-0.3, -0.25) is 4.79 Å². The summed E-state index contributed by atoms with van der Waals surface area (Å²) in [6, 6.07) is -0.217. The van der Waals surface area contributed by atoms with Crippen molar-refractivity contribution in [2.24, 2.45) is 0 Å². The number of carbonyl (C=O) groups is 1. The van der Waals surface area contributed by atoms with Gasteiger partial charge in [0.1, 0.15) is 0 Å². The number of carbonyl (C=O) groups excluding carboxylic acids is 1. The monoisotopic (exact) mass is 234 g/mol. The molecule has 1 saturated heterocycles. The van der Waals surface area contributed by atoms with Crippen LogP contribution in [0.2, 0.25) is 0 Å². The highest BCUT2D eigenvalue weighted by Crippen LogP contribution is 2.02. The van der Waals surface area contributed by atoms with Gasteiger partial charge in [0.2, 0.25) is 5.91 Å². The molecule has 1 unspecified atom stereocenters. The third-order valence-corrected chi connectivity index (χ3v) is 4.23. The van der Waals surface area contributed by atoms with Crippen molar-refractivity contribution in [3.63, 3.8) is 0 Å². The van der Waals surface area contributed by atoms with Gasteiger partial charge >= 0.3 is 0 Å². The summed E-state index contributed by atoms with van der Waals surface area (Å²) in [6.45, 7) is 2.71. The van der Waals surface area contributed by atoms with Gasteiger partial charge in [0.25, 0.3) is 0 Å². The zero-order chi connectivity index (χ0) is 11.3. The Kier molecular flexibility index (Phi) is 4.53. The third-order valence-electron chi connectivity index (χ3n) is 2.53. The van der Waals surface area contributed by atoms with Gasteiger partial charge in [-0.15, -0.1) is 0 Å². The quantitative estimate of drug-likeness (QED) is 0.659. The zero-order valence-corrected chi connectivity index (χ0v) is 9.77. The fourth-order valence-electron chi connectivity index (χ4n) is 1.50. The predicted octanol–water partition coefficient (Wildman–Crippen LogP) is -0.711. The number of amides is 1. The molecule has 2 N–H and O–H groups in total. The maximum atomic E-state index is 11.3. The van der Waals surface area contributed by atoms with Gasteiger partial charge in [0.15, 0.2) is 9.84 Å². The van der Waals surface area contributed by atoms with E-state index in [0.717, 1.165) is 19.4 Å². The minimum absolute atomic E-state index is 0.0184. The molecule has 0 aliphatic carbocycles. The van der Waals surface area contributed by atoms with Gasteiger partial charge in [0, 0.05) is 18.8 Å². The summed E-state index contributed by atoms with van der Waals surface area (Å²) in [5, 5.41) is 5.71. The molecule has 1 amide bonds. The van der Waals surface area contributed by atoms with E-state index in [4.69, 9.17) is 0 Å². The Balaban J connectivity index is 2.28. The Morgan fingerprint density at radius 1 is 1.53 bits per heavy atom. The van der Waals surface area contributed by atoms with Crippen molar-refractivity contribution in [3.05, 3.63) is 0 Å². The normalized spacial score (nSPS) is 22.5. The van der Waals surface area contributed by atoms with Crippen LogP contribution >= 0.6 is 0 Å². The molecule has 0 radical (unpaired) electrons. The molecule has 0 aromatic rings. The molecule has 0 spiro atoms. The number of sulfone groups is 1. The SMILES string of the molecule is CCS(=O)(=O)CCNC1CCCNC1=O. The highest BCUT2D eigenvalue weighted by Gasteiger charge is 2.21. The Labute approximate surface area is 90.5 Å². The maximum Gasteiger partial charge on any atom is 0.237 e. The summed E-state index contributed by atoms with van der Waals surface area (Å²) in [5.74, 6) is 0.244. The van der Waals surface area contributed by atoms with Crippen molar-refractivity contribution >= 4 is 15.7 Å². The highest BCUT2D eigenvalue weighted by molar-refractivity contribution is 7.91. The third kappa shape index (κ3) is 4.17. The van der Waals surface area contributed by atoms with Crippen molar-refractivity contribution in [1.82, 2.24) is 10.6 Å². The number of hydrogen-bond acceptors (Lipinski definition) is 4. The van der Waals surface area contributed by atoms with Crippen LogP contribution in [0.15, 0.2) is 0 Å². The average molecular weight is 234 g/mol. The lowest BCUT2D eigenvalue weighted by molar-refractivity contribution is -0.124. The summed E-state index contributed by atoms with van der Waals surface area (Å²) >= 11 is 0. The van der Waals surface area contributed by atoms with Crippen LogP contribution in [0.5, 0.6) is 0 Å². The minimum Gasteiger partial charge on any atom is -0.355 e. The second-order valence-electron chi connectivity index (χ2n) is 3.68. The Hall–Kier alpha value is -0.620. The van der Waals surface area contributed by atoms with Crippen LogP contribution in [-0.2, 0) is 14.6 Å². The van der Waals surface area contributed by atoms with Crippen molar-refractivity contribution in [2.45, 2.75) is 25.8 Å². The molecular weight excluding hydrogens is 216 g/mol. The van der Waals surface area contributed by atoms with Crippen LogP contribution in [-0.4, -0.2) is 45.0 Å². The lowest BCUT2D eigenvalue weighted by atomic mass is 10.1. The summed E-state index contributed by atoms with van der Waals surface area (Å²) in [7, 11) is -2.93. The molecule has 0 bridgehead atoms. The first-order chi connectivity index (χ1) is 7.05. The fourth-order valence-corrected chi connectivity index (χ4v) is 2.22. The largest absolute Gasteiger partial charge is 0.355 e. The predicted molar refractivity (Wildman–Crippen MR) is 58.4 cm³/mol. The smallest absolute Gasteiger partial charge is 0.237 e.